The van der Waals surface area contributed by atoms with Gasteiger partial charge in [-0.25, -0.2) is 5.84 Å². The first kappa shape index (κ1) is 14.2. The fourth-order valence-corrected chi connectivity index (χ4v) is 2.04. The van der Waals surface area contributed by atoms with Gasteiger partial charge in [-0.3, -0.25) is 20.1 Å². The molecule has 3 N–H and O–H groups in total. The van der Waals surface area contributed by atoms with E-state index in [-0.39, 0.29) is 5.76 Å². The molecule has 0 atom stereocenters. The third kappa shape index (κ3) is 3.43. The number of furan rings is 1. The van der Waals surface area contributed by atoms with Crippen molar-refractivity contribution in [2.24, 2.45) is 5.84 Å². The Morgan fingerprint density at radius 2 is 2.20 bits per heavy atom. The summed E-state index contributed by atoms with van der Waals surface area (Å²) in [5, 5.41) is 0. The minimum Gasteiger partial charge on any atom is -0.459 e. The van der Waals surface area contributed by atoms with E-state index in [0.29, 0.717) is 13.1 Å². The fraction of sp³-hybridized carbons (Fsp3) is 0.286. The average Bonchev–Trinajstić information content (AvgIpc) is 2.85. The molecule has 0 bridgehead atoms. The van der Waals surface area contributed by atoms with Crippen molar-refractivity contribution in [3.8, 4) is 0 Å². The van der Waals surface area contributed by atoms with Crippen LogP contribution in [0.25, 0.3) is 0 Å². The van der Waals surface area contributed by atoms with Crippen LogP contribution in [0, 0.1) is 6.92 Å². The van der Waals surface area contributed by atoms with Gasteiger partial charge in [0.1, 0.15) is 0 Å². The van der Waals surface area contributed by atoms with Crippen LogP contribution in [0.4, 0.5) is 0 Å². The van der Waals surface area contributed by atoms with E-state index in [9.17, 15) is 4.79 Å². The molecule has 2 aromatic heterocycles. The number of amides is 1. The second-order valence-electron chi connectivity index (χ2n) is 4.69. The lowest BCUT2D eigenvalue weighted by Crippen LogP contribution is -2.31. The van der Waals surface area contributed by atoms with Gasteiger partial charge < -0.3 is 4.42 Å². The number of pyridine rings is 1. The number of hydrogen-bond acceptors (Lipinski definition) is 5. The number of carbonyl (C=O) groups is 1. The zero-order valence-corrected chi connectivity index (χ0v) is 11.6. The Balaban J connectivity index is 2.03. The molecule has 6 heteroatoms. The number of nitrogens with zero attached hydrogens (tertiary/aromatic N) is 2. The molecule has 0 aliphatic carbocycles. The van der Waals surface area contributed by atoms with Crippen molar-refractivity contribution in [2.75, 3.05) is 7.05 Å². The summed E-state index contributed by atoms with van der Waals surface area (Å²) < 4.78 is 5.15. The minimum atomic E-state index is -0.424. The van der Waals surface area contributed by atoms with Gasteiger partial charge in [0.2, 0.25) is 0 Å². The molecule has 2 rings (SSSR count). The van der Waals surface area contributed by atoms with Crippen LogP contribution >= 0.6 is 0 Å². The highest BCUT2D eigenvalue weighted by molar-refractivity contribution is 5.92. The van der Waals surface area contributed by atoms with Crippen LogP contribution in [0.3, 0.4) is 0 Å². The monoisotopic (exact) mass is 274 g/mol. The van der Waals surface area contributed by atoms with Crippen LogP contribution < -0.4 is 11.3 Å². The van der Waals surface area contributed by atoms with E-state index in [1.165, 1.54) is 6.26 Å². The van der Waals surface area contributed by atoms with Gasteiger partial charge >= 0.3 is 5.91 Å². The molecule has 1 amide bonds. The highest BCUT2D eigenvalue weighted by atomic mass is 16.3. The Labute approximate surface area is 117 Å². The first-order valence-electron chi connectivity index (χ1n) is 6.28. The molecule has 0 fully saturated rings. The van der Waals surface area contributed by atoms with Crippen molar-refractivity contribution in [3.63, 3.8) is 0 Å². The third-order valence-corrected chi connectivity index (χ3v) is 2.90. The molecule has 0 saturated carbocycles. The second kappa shape index (κ2) is 6.31. The van der Waals surface area contributed by atoms with E-state index in [2.05, 4.69) is 15.3 Å². The Morgan fingerprint density at radius 3 is 2.90 bits per heavy atom. The Hall–Kier alpha value is -2.18. The van der Waals surface area contributed by atoms with Crippen LogP contribution in [0.5, 0.6) is 0 Å². The minimum absolute atomic E-state index is 0.247. The number of nitrogens with one attached hydrogen (secondary N) is 1. The molecule has 0 spiro atoms. The molecule has 0 radical (unpaired) electrons. The first-order valence-corrected chi connectivity index (χ1v) is 6.28. The van der Waals surface area contributed by atoms with Crippen molar-refractivity contribution < 1.29 is 9.21 Å². The van der Waals surface area contributed by atoms with Crippen molar-refractivity contribution in [1.29, 1.82) is 0 Å². The summed E-state index contributed by atoms with van der Waals surface area (Å²) in [6.07, 6.45) is 1.48. The van der Waals surface area contributed by atoms with E-state index in [0.717, 1.165) is 17.0 Å². The van der Waals surface area contributed by atoms with Gasteiger partial charge in [0, 0.05) is 24.3 Å². The van der Waals surface area contributed by atoms with Gasteiger partial charge in [-0.2, -0.15) is 0 Å². The number of aromatic nitrogens is 1. The number of nitrogens with two attached hydrogens (primary N) is 1. The third-order valence-electron chi connectivity index (χ3n) is 2.90. The lowest BCUT2D eigenvalue weighted by Gasteiger charge is -2.16. The predicted octanol–water partition coefficient (Wildman–Crippen LogP) is 1.22. The molecular formula is C14H18N4O2. The van der Waals surface area contributed by atoms with E-state index in [1.807, 2.05) is 32.2 Å². The number of rotatable bonds is 5. The zero-order valence-electron chi connectivity index (χ0n) is 11.6. The summed E-state index contributed by atoms with van der Waals surface area (Å²) >= 11 is 0. The molecule has 106 valence electrons. The molecular weight excluding hydrogens is 256 g/mol. The van der Waals surface area contributed by atoms with Gasteiger partial charge in [-0.05, 0) is 32.2 Å². The molecule has 0 aliphatic heterocycles. The maximum atomic E-state index is 11.5. The maximum Gasteiger partial charge on any atom is 0.301 e. The van der Waals surface area contributed by atoms with Gasteiger partial charge in [0.25, 0.3) is 0 Å². The van der Waals surface area contributed by atoms with E-state index in [4.69, 9.17) is 10.3 Å². The SMILES string of the molecule is Cc1cccc(CN(C)Cc2ccoc2C(=O)NN)n1. The van der Waals surface area contributed by atoms with E-state index in [1.54, 1.807) is 6.07 Å². The van der Waals surface area contributed by atoms with Crippen LogP contribution in [-0.4, -0.2) is 22.8 Å². The van der Waals surface area contributed by atoms with Crippen LogP contribution in [0.15, 0.2) is 34.9 Å². The molecule has 20 heavy (non-hydrogen) atoms. The van der Waals surface area contributed by atoms with Gasteiger partial charge in [0.15, 0.2) is 5.76 Å². The fourth-order valence-electron chi connectivity index (χ4n) is 2.04. The van der Waals surface area contributed by atoms with E-state index >= 15 is 0 Å². The standard InChI is InChI=1S/C14H18N4O2/c1-10-4-3-5-12(16-10)9-18(2)8-11-6-7-20-13(11)14(19)17-15/h3-7H,8-9,15H2,1-2H3,(H,17,19). The molecule has 0 aliphatic rings. The molecule has 2 heterocycles. The zero-order chi connectivity index (χ0) is 14.5. The van der Waals surface area contributed by atoms with Gasteiger partial charge in [-0.1, -0.05) is 6.07 Å². The Kier molecular flexibility index (Phi) is 4.49. The molecule has 6 nitrogen and oxygen atoms in total. The van der Waals surface area contributed by atoms with Crippen molar-refractivity contribution >= 4 is 5.91 Å². The van der Waals surface area contributed by atoms with Crippen LogP contribution in [-0.2, 0) is 13.1 Å². The van der Waals surface area contributed by atoms with E-state index < -0.39 is 5.91 Å². The second-order valence-corrected chi connectivity index (χ2v) is 4.69. The summed E-state index contributed by atoms with van der Waals surface area (Å²) in [4.78, 5) is 18.0. The largest absolute Gasteiger partial charge is 0.459 e. The maximum absolute atomic E-state index is 11.5. The number of hydrazine groups is 1. The number of nitrogen functional groups attached to an aromatic ring is 1. The lowest BCUT2D eigenvalue weighted by molar-refractivity contribution is 0.0923. The quantitative estimate of drug-likeness (QED) is 0.486. The highest BCUT2D eigenvalue weighted by Gasteiger charge is 2.15. The summed E-state index contributed by atoms with van der Waals surface area (Å²) in [5.41, 5.74) is 4.84. The molecule has 0 unspecified atom stereocenters. The average molecular weight is 274 g/mol. The van der Waals surface area contributed by atoms with Crippen LogP contribution in [0.2, 0.25) is 0 Å². The lowest BCUT2D eigenvalue weighted by atomic mass is 10.2. The summed E-state index contributed by atoms with van der Waals surface area (Å²) in [6.45, 7) is 3.23. The molecule has 0 aromatic carbocycles. The Bertz CT molecular complexity index is 594. The number of carbonyl (C=O) groups excluding carboxylic acids is 1. The Morgan fingerprint density at radius 1 is 1.40 bits per heavy atom. The normalized spacial score (nSPS) is 10.8. The first-order chi connectivity index (χ1) is 9.60. The highest BCUT2D eigenvalue weighted by Crippen LogP contribution is 2.13. The summed E-state index contributed by atoms with van der Waals surface area (Å²) in [5.74, 6) is 4.94. The number of aryl methyl sites for hydroxylation is 1. The van der Waals surface area contributed by atoms with Crippen LogP contribution in [0.1, 0.15) is 27.5 Å². The summed E-state index contributed by atoms with van der Waals surface area (Å²) in [7, 11) is 1.96. The summed E-state index contributed by atoms with van der Waals surface area (Å²) in [6, 6.07) is 7.69. The molecule has 0 saturated heterocycles. The number of hydrogen-bond donors (Lipinski definition) is 2. The van der Waals surface area contributed by atoms with Crippen molar-refractivity contribution in [1.82, 2.24) is 15.3 Å². The van der Waals surface area contributed by atoms with Gasteiger partial charge in [-0.15, -0.1) is 0 Å². The van der Waals surface area contributed by atoms with Gasteiger partial charge in [0.05, 0.1) is 12.0 Å². The van der Waals surface area contributed by atoms with Crippen molar-refractivity contribution in [2.45, 2.75) is 20.0 Å². The molecule has 2 aromatic rings. The smallest absolute Gasteiger partial charge is 0.301 e. The topological polar surface area (TPSA) is 84.4 Å². The predicted molar refractivity (Wildman–Crippen MR) is 74.5 cm³/mol. The van der Waals surface area contributed by atoms with Crippen molar-refractivity contribution in [3.05, 3.63) is 53.2 Å².